The van der Waals surface area contributed by atoms with Gasteiger partial charge in [0.25, 0.3) is 0 Å². The Bertz CT molecular complexity index is 390. The molecule has 1 aromatic rings. The minimum absolute atomic E-state index is 0.118. The maximum absolute atomic E-state index is 11.0. The number of carbonyl (C=O) groups is 1. The number of benzene rings is 1. The maximum atomic E-state index is 11.0. The van der Waals surface area contributed by atoms with Gasteiger partial charge in [0, 0.05) is 13.5 Å². The number of amides is 1. The third kappa shape index (κ3) is 3.84. The van der Waals surface area contributed by atoms with Crippen LogP contribution < -0.4 is 5.48 Å². The van der Waals surface area contributed by atoms with Crippen LogP contribution in [0.2, 0.25) is 0 Å². The highest BCUT2D eigenvalue weighted by molar-refractivity contribution is 5.74. The molecule has 0 aliphatic carbocycles. The Morgan fingerprint density at radius 2 is 2.18 bits per heavy atom. The van der Waals surface area contributed by atoms with Crippen LogP contribution in [0.15, 0.2) is 18.2 Å². The zero-order valence-corrected chi connectivity index (χ0v) is 10.5. The number of methoxy groups -OCH3 is 1. The summed E-state index contributed by atoms with van der Waals surface area (Å²) in [5.74, 6) is -0.392. The molecule has 4 heteroatoms. The van der Waals surface area contributed by atoms with E-state index < -0.39 is 5.91 Å². The van der Waals surface area contributed by atoms with E-state index in [0.29, 0.717) is 6.42 Å². The molecule has 1 aromatic carbocycles. The van der Waals surface area contributed by atoms with E-state index in [1.807, 2.05) is 26.0 Å². The summed E-state index contributed by atoms with van der Waals surface area (Å²) < 4.78 is 5.39. The fourth-order valence-corrected chi connectivity index (χ4v) is 1.91. The van der Waals surface area contributed by atoms with E-state index in [2.05, 4.69) is 6.07 Å². The van der Waals surface area contributed by atoms with Crippen molar-refractivity contribution in [2.75, 3.05) is 7.11 Å². The van der Waals surface area contributed by atoms with E-state index in [9.17, 15) is 4.79 Å². The van der Waals surface area contributed by atoms with Gasteiger partial charge in [0.1, 0.15) is 0 Å². The topological polar surface area (TPSA) is 58.6 Å². The smallest absolute Gasteiger partial charge is 0.243 e. The van der Waals surface area contributed by atoms with E-state index in [1.165, 1.54) is 5.56 Å². The lowest BCUT2D eigenvalue weighted by Crippen LogP contribution is -2.19. The van der Waals surface area contributed by atoms with Gasteiger partial charge in [-0.3, -0.25) is 10.0 Å². The minimum atomic E-state index is -0.392. The molecule has 0 saturated heterocycles. The van der Waals surface area contributed by atoms with Gasteiger partial charge in [-0.1, -0.05) is 23.8 Å². The fourth-order valence-electron chi connectivity index (χ4n) is 1.91. The largest absolute Gasteiger partial charge is 0.377 e. The second-order valence-electron chi connectivity index (χ2n) is 4.16. The molecule has 2 N–H and O–H groups in total. The first-order valence-electron chi connectivity index (χ1n) is 5.61. The predicted molar refractivity (Wildman–Crippen MR) is 64.8 cm³/mol. The number of carbonyl (C=O) groups excluding carboxylic acids is 1. The van der Waals surface area contributed by atoms with Crippen molar-refractivity contribution in [1.29, 1.82) is 0 Å². The number of aryl methyl sites for hydroxylation is 2. The molecular formula is C13H19NO3. The summed E-state index contributed by atoms with van der Waals surface area (Å²) in [5.41, 5.74) is 5.07. The van der Waals surface area contributed by atoms with Crippen molar-refractivity contribution < 1.29 is 14.7 Å². The highest BCUT2D eigenvalue weighted by atomic mass is 16.5. The summed E-state index contributed by atoms with van der Waals surface area (Å²) in [7, 11) is 1.63. The molecule has 0 saturated carbocycles. The highest BCUT2D eigenvalue weighted by Gasteiger charge is 2.14. The van der Waals surface area contributed by atoms with Crippen LogP contribution in [0.5, 0.6) is 0 Å². The molecule has 0 aliphatic rings. The molecule has 0 fully saturated rings. The molecular weight excluding hydrogens is 218 g/mol. The second kappa shape index (κ2) is 6.37. The Morgan fingerprint density at radius 1 is 1.47 bits per heavy atom. The first-order chi connectivity index (χ1) is 8.08. The van der Waals surface area contributed by atoms with E-state index in [-0.39, 0.29) is 12.5 Å². The van der Waals surface area contributed by atoms with Crippen molar-refractivity contribution in [3.05, 3.63) is 34.9 Å². The molecule has 1 amide bonds. The normalized spacial score (nSPS) is 12.2. The van der Waals surface area contributed by atoms with Gasteiger partial charge >= 0.3 is 0 Å². The monoisotopic (exact) mass is 237 g/mol. The number of nitrogens with one attached hydrogen (secondary N) is 1. The molecule has 0 heterocycles. The first-order valence-corrected chi connectivity index (χ1v) is 5.61. The molecule has 1 atom stereocenters. The van der Waals surface area contributed by atoms with E-state index in [4.69, 9.17) is 9.94 Å². The second-order valence-corrected chi connectivity index (χ2v) is 4.16. The Morgan fingerprint density at radius 3 is 2.71 bits per heavy atom. The molecule has 0 aliphatic heterocycles. The van der Waals surface area contributed by atoms with Gasteiger partial charge in [-0.15, -0.1) is 0 Å². The van der Waals surface area contributed by atoms with Crippen LogP contribution in [0.25, 0.3) is 0 Å². The first kappa shape index (κ1) is 13.7. The van der Waals surface area contributed by atoms with Crippen molar-refractivity contribution in [1.82, 2.24) is 5.48 Å². The number of rotatable bonds is 5. The summed E-state index contributed by atoms with van der Waals surface area (Å²) in [4.78, 5) is 11.0. The Kier molecular flexibility index (Phi) is 5.12. The van der Waals surface area contributed by atoms with Crippen LogP contribution in [-0.2, 0) is 9.53 Å². The van der Waals surface area contributed by atoms with Gasteiger partial charge in [0.2, 0.25) is 5.91 Å². The third-order valence-corrected chi connectivity index (χ3v) is 2.81. The zero-order chi connectivity index (χ0) is 12.8. The van der Waals surface area contributed by atoms with Gasteiger partial charge in [-0.25, -0.2) is 5.48 Å². The summed E-state index contributed by atoms with van der Waals surface area (Å²) in [6, 6.07) is 6.14. The molecule has 4 nitrogen and oxygen atoms in total. The number of ether oxygens (including phenoxy) is 1. The molecule has 0 radical (unpaired) electrons. The average Bonchev–Trinajstić information content (AvgIpc) is 2.31. The van der Waals surface area contributed by atoms with Gasteiger partial charge in [0.05, 0.1) is 6.10 Å². The van der Waals surface area contributed by atoms with Crippen LogP contribution >= 0.6 is 0 Å². The van der Waals surface area contributed by atoms with Crippen LogP contribution in [0.4, 0.5) is 0 Å². The molecule has 1 rings (SSSR count). The lowest BCUT2D eigenvalue weighted by Gasteiger charge is -2.18. The van der Waals surface area contributed by atoms with E-state index in [0.717, 1.165) is 11.1 Å². The maximum Gasteiger partial charge on any atom is 0.243 e. The molecule has 0 bridgehead atoms. The summed E-state index contributed by atoms with van der Waals surface area (Å²) in [6.07, 6.45) is 0.669. The molecule has 1 unspecified atom stereocenters. The van der Waals surface area contributed by atoms with Crippen molar-refractivity contribution in [3.63, 3.8) is 0 Å². The van der Waals surface area contributed by atoms with Gasteiger partial charge in [-0.05, 0) is 31.4 Å². The quantitative estimate of drug-likeness (QED) is 0.610. The van der Waals surface area contributed by atoms with Gasteiger partial charge < -0.3 is 4.74 Å². The summed E-state index contributed by atoms with van der Waals surface area (Å²) in [5, 5.41) is 8.44. The van der Waals surface area contributed by atoms with Crippen LogP contribution in [0.3, 0.4) is 0 Å². The molecule has 0 spiro atoms. The number of hydrogen-bond donors (Lipinski definition) is 2. The lowest BCUT2D eigenvalue weighted by atomic mass is 9.98. The SMILES string of the molecule is COC(CCC(=O)NO)c1ccc(C)cc1C. The average molecular weight is 237 g/mol. The van der Waals surface area contributed by atoms with E-state index >= 15 is 0 Å². The van der Waals surface area contributed by atoms with Crippen LogP contribution in [0.1, 0.15) is 35.6 Å². The number of hydroxylamine groups is 1. The van der Waals surface area contributed by atoms with Crippen LogP contribution in [0, 0.1) is 13.8 Å². The molecule has 94 valence electrons. The third-order valence-electron chi connectivity index (χ3n) is 2.81. The Hall–Kier alpha value is -1.39. The predicted octanol–water partition coefficient (Wildman–Crippen LogP) is 2.28. The van der Waals surface area contributed by atoms with Crippen molar-refractivity contribution in [2.45, 2.75) is 32.8 Å². The Balaban J connectivity index is 2.75. The van der Waals surface area contributed by atoms with Crippen LogP contribution in [-0.4, -0.2) is 18.2 Å². The zero-order valence-electron chi connectivity index (χ0n) is 10.5. The molecule has 17 heavy (non-hydrogen) atoms. The number of hydrogen-bond acceptors (Lipinski definition) is 3. The van der Waals surface area contributed by atoms with Crippen molar-refractivity contribution in [3.8, 4) is 0 Å². The lowest BCUT2D eigenvalue weighted by molar-refractivity contribution is -0.129. The standard InChI is InChI=1S/C13H19NO3/c1-9-4-5-11(10(2)8-9)12(17-3)6-7-13(15)14-16/h4-5,8,12,16H,6-7H2,1-3H3,(H,14,15). The summed E-state index contributed by atoms with van der Waals surface area (Å²) >= 11 is 0. The van der Waals surface area contributed by atoms with Gasteiger partial charge in [-0.2, -0.15) is 0 Å². The Labute approximate surface area is 102 Å². The fraction of sp³-hybridized carbons (Fsp3) is 0.462. The highest BCUT2D eigenvalue weighted by Crippen LogP contribution is 2.25. The summed E-state index contributed by atoms with van der Waals surface area (Å²) in [6.45, 7) is 4.07. The van der Waals surface area contributed by atoms with Crippen molar-refractivity contribution >= 4 is 5.91 Å². The van der Waals surface area contributed by atoms with E-state index in [1.54, 1.807) is 12.6 Å². The minimum Gasteiger partial charge on any atom is -0.377 e. The van der Waals surface area contributed by atoms with Gasteiger partial charge in [0.15, 0.2) is 0 Å². The van der Waals surface area contributed by atoms with Crippen molar-refractivity contribution in [2.24, 2.45) is 0 Å². The molecule has 0 aromatic heterocycles.